The minimum atomic E-state index is -0.150. The van der Waals surface area contributed by atoms with E-state index >= 15 is 0 Å². The molecule has 140 valence electrons. The molecule has 1 amide bonds. The van der Waals surface area contributed by atoms with Gasteiger partial charge in [-0.25, -0.2) is 4.98 Å². The van der Waals surface area contributed by atoms with Crippen molar-refractivity contribution in [2.24, 2.45) is 5.10 Å². The van der Waals surface area contributed by atoms with Crippen LogP contribution in [0.4, 0.5) is 10.8 Å². The van der Waals surface area contributed by atoms with Crippen LogP contribution in [-0.4, -0.2) is 30.7 Å². The van der Waals surface area contributed by atoms with E-state index in [-0.39, 0.29) is 5.91 Å². The first-order chi connectivity index (χ1) is 13.5. The molecule has 0 saturated heterocycles. The summed E-state index contributed by atoms with van der Waals surface area (Å²) in [6.45, 7) is 1.85. The second-order valence-electron chi connectivity index (χ2n) is 6.73. The monoisotopic (exact) mass is 388 g/mol. The molecule has 0 N–H and O–H groups in total. The number of anilines is 2. The highest BCUT2D eigenvalue weighted by molar-refractivity contribution is 7.14. The predicted molar refractivity (Wildman–Crippen MR) is 117 cm³/mol. The highest BCUT2D eigenvalue weighted by atomic mass is 32.1. The first-order valence-electron chi connectivity index (χ1n) is 8.93. The second kappa shape index (κ2) is 7.40. The number of rotatable bonds is 4. The van der Waals surface area contributed by atoms with Crippen LogP contribution in [0.2, 0.25) is 0 Å². The fourth-order valence-electron chi connectivity index (χ4n) is 2.95. The zero-order valence-electron chi connectivity index (χ0n) is 16.0. The maximum absolute atomic E-state index is 12.9. The minimum absolute atomic E-state index is 0.150. The van der Waals surface area contributed by atoms with E-state index in [1.165, 1.54) is 16.3 Å². The highest BCUT2D eigenvalue weighted by Crippen LogP contribution is 2.31. The van der Waals surface area contributed by atoms with Crippen molar-refractivity contribution >= 4 is 39.9 Å². The Morgan fingerprint density at radius 1 is 1.04 bits per heavy atom. The number of benzene rings is 2. The van der Waals surface area contributed by atoms with Crippen LogP contribution in [0.5, 0.6) is 0 Å². The third-order valence-corrected chi connectivity index (χ3v) is 5.34. The van der Waals surface area contributed by atoms with E-state index in [0.29, 0.717) is 16.4 Å². The maximum atomic E-state index is 12.9. The lowest BCUT2D eigenvalue weighted by Gasteiger charge is -2.12. The zero-order valence-corrected chi connectivity index (χ0v) is 16.8. The molecule has 28 heavy (non-hydrogen) atoms. The van der Waals surface area contributed by atoms with Crippen LogP contribution >= 0.6 is 11.3 Å². The van der Waals surface area contributed by atoms with E-state index in [1.54, 1.807) is 0 Å². The van der Waals surface area contributed by atoms with E-state index in [1.807, 2.05) is 92.0 Å². The van der Waals surface area contributed by atoms with Crippen LogP contribution in [0.25, 0.3) is 17.3 Å². The quantitative estimate of drug-likeness (QED) is 0.610. The van der Waals surface area contributed by atoms with Gasteiger partial charge in [-0.3, -0.25) is 4.79 Å². The van der Waals surface area contributed by atoms with E-state index in [9.17, 15) is 4.79 Å². The molecule has 0 fully saturated rings. The topological polar surface area (TPSA) is 48.8 Å². The highest BCUT2D eigenvalue weighted by Gasteiger charge is 2.30. The molecule has 2 aromatic carbocycles. The molecule has 1 aliphatic rings. The van der Waals surface area contributed by atoms with E-state index < -0.39 is 0 Å². The van der Waals surface area contributed by atoms with Crippen molar-refractivity contribution in [3.8, 4) is 11.3 Å². The lowest BCUT2D eigenvalue weighted by molar-refractivity contribution is -0.114. The van der Waals surface area contributed by atoms with Gasteiger partial charge in [0.15, 0.2) is 0 Å². The van der Waals surface area contributed by atoms with Crippen LogP contribution < -0.4 is 9.91 Å². The number of hydrogen-bond donors (Lipinski definition) is 0. The molecule has 0 bridgehead atoms. The molecule has 1 aromatic heterocycles. The summed E-state index contributed by atoms with van der Waals surface area (Å²) in [5.41, 5.74) is 5.23. The Hall–Kier alpha value is -3.25. The summed E-state index contributed by atoms with van der Waals surface area (Å²) >= 11 is 1.42. The summed E-state index contributed by atoms with van der Waals surface area (Å²) in [5.74, 6) is -0.150. The molecule has 6 heteroatoms. The summed E-state index contributed by atoms with van der Waals surface area (Å²) in [4.78, 5) is 19.6. The standard InChI is InChI=1S/C22H20N4OS/c1-15-19(13-16-9-11-18(12-10-16)25(2)3)21(27)26(24-15)22-23-20(14-28-22)17-7-5-4-6-8-17/h4-14H,1-3H3/b19-13+. The van der Waals surface area contributed by atoms with Crippen molar-refractivity contribution in [2.75, 3.05) is 24.0 Å². The average Bonchev–Trinajstić information content (AvgIpc) is 3.30. The van der Waals surface area contributed by atoms with Gasteiger partial charge in [0.25, 0.3) is 5.91 Å². The van der Waals surface area contributed by atoms with Gasteiger partial charge in [-0.15, -0.1) is 11.3 Å². The lowest BCUT2D eigenvalue weighted by atomic mass is 10.1. The van der Waals surface area contributed by atoms with Crippen molar-refractivity contribution in [1.82, 2.24) is 4.98 Å². The fraction of sp³-hybridized carbons (Fsp3) is 0.136. The van der Waals surface area contributed by atoms with Gasteiger partial charge in [-0.2, -0.15) is 10.1 Å². The first kappa shape index (κ1) is 18.1. The fourth-order valence-corrected chi connectivity index (χ4v) is 3.73. The van der Waals surface area contributed by atoms with Crippen LogP contribution in [-0.2, 0) is 4.79 Å². The summed E-state index contributed by atoms with van der Waals surface area (Å²) in [5, 5.41) is 8.36. The van der Waals surface area contributed by atoms with Gasteiger partial charge < -0.3 is 4.90 Å². The second-order valence-corrected chi connectivity index (χ2v) is 7.56. The lowest BCUT2D eigenvalue weighted by Crippen LogP contribution is -2.21. The molecule has 0 atom stereocenters. The van der Waals surface area contributed by atoms with E-state index in [2.05, 4.69) is 10.1 Å². The normalized spacial score (nSPS) is 15.2. The maximum Gasteiger partial charge on any atom is 0.282 e. The van der Waals surface area contributed by atoms with E-state index in [0.717, 1.165) is 22.5 Å². The molecular formula is C22H20N4OS. The molecule has 0 unspecified atom stereocenters. The number of thiazole rings is 1. The van der Waals surface area contributed by atoms with Crippen molar-refractivity contribution < 1.29 is 4.79 Å². The Kier molecular flexibility index (Phi) is 4.79. The number of carbonyl (C=O) groups is 1. The summed E-state index contributed by atoms with van der Waals surface area (Å²) in [6, 6.07) is 18.0. The summed E-state index contributed by atoms with van der Waals surface area (Å²) in [6.07, 6.45) is 1.88. The van der Waals surface area contributed by atoms with Gasteiger partial charge in [0.05, 0.1) is 17.0 Å². The molecule has 0 spiro atoms. The Labute approximate surface area is 168 Å². The smallest absolute Gasteiger partial charge is 0.282 e. The molecule has 0 saturated carbocycles. The number of aromatic nitrogens is 1. The summed E-state index contributed by atoms with van der Waals surface area (Å²) < 4.78 is 0. The molecule has 4 rings (SSSR count). The molecular weight excluding hydrogens is 368 g/mol. The average molecular weight is 388 g/mol. The van der Waals surface area contributed by atoms with Gasteiger partial charge in [0.2, 0.25) is 5.13 Å². The number of nitrogens with zero attached hydrogens (tertiary/aromatic N) is 4. The Balaban J connectivity index is 1.59. The molecule has 3 aromatic rings. The predicted octanol–water partition coefficient (Wildman–Crippen LogP) is 4.68. The van der Waals surface area contributed by atoms with Gasteiger partial charge in [0.1, 0.15) is 0 Å². The summed E-state index contributed by atoms with van der Waals surface area (Å²) in [7, 11) is 4.00. The number of hydrazone groups is 1. The van der Waals surface area contributed by atoms with Gasteiger partial charge in [0, 0.05) is 30.7 Å². The minimum Gasteiger partial charge on any atom is -0.378 e. The SMILES string of the molecule is CC1=NN(c2nc(-c3ccccc3)cs2)C(=O)/C1=C/c1ccc(N(C)C)cc1. The molecule has 0 radical (unpaired) electrons. The Bertz CT molecular complexity index is 1070. The van der Waals surface area contributed by atoms with E-state index in [4.69, 9.17) is 0 Å². The first-order valence-corrected chi connectivity index (χ1v) is 9.81. The number of carbonyl (C=O) groups excluding carboxylic acids is 1. The zero-order chi connectivity index (χ0) is 19.7. The third kappa shape index (κ3) is 3.46. The largest absolute Gasteiger partial charge is 0.378 e. The van der Waals surface area contributed by atoms with Crippen molar-refractivity contribution in [2.45, 2.75) is 6.92 Å². The van der Waals surface area contributed by atoms with Crippen LogP contribution in [0.3, 0.4) is 0 Å². The van der Waals surface area contributed by atoms with Gasteiger partial charge in [-0.1, -0.05) is 42.5 Å². The van der Waals surface area contributed by atoms with Crippen molar-refractivity contribution in [1.29, 1.82) is 0 Å². The molecule has 2 heterocycles. The molecule has 5 nitrogen and oxygen atoms in total. The van der Waals surface area contributed by atoms with Crippen molar-refractivity contribution in [3.05, 3.63) is 71.1 Å². The van der Waals surface area contributed by atoms with Crippen molar-refractivity contribution in [3.63, 3.8) is 0 Å². The van der Waals surface area contributed by atoms with Crippen LogP contribution in [0.15, 0.2) is 70.7 Å². The Morgan fingerprint density at radius 2 is 1.75 bits per heavy atom. The molecule has 0 aliphatic carbocycles. The Morgan fingerprint density at radius 3 is 2.43 bits per heavy atom. The van der Waals surface area contributed by atoms with Crippen LogP contribution in [0, 0.1) is 0 Å². The van der Waals surface area contributed by atoms with Gasteiger partial charge in [-0.05, 0) is 30.7 Å². The number of hydrogen-bond acceptors (Lipinski definition) is 5. The van der Waals surface area contributed by atoms with Gasteiger partial charge >= 0.3 is 0 Å². The molecule has 1 aliphatic heterocycles. The number of amides is 1. The van der Waals surface area contributed by atoms with Crippen LogP contribution in [0.1, 0.15) is 12.5 Å². The third-order valence-electron chi connectivity index (χ3n) is 4.53.